The third-order valence-corrected chi connectivity index (χ3v) is 0.651. The van der Waals surface area contributed by atoms with Crippen LogP contribution in [0.4, 0.5) is 0 Å². The van der Waals surface area contributed by atoms with Crippen LogP contribution in [0.2, 0.25) is 0 Å². The maximum Gasteiger partial charge on any atom is 0.294 e. The summed E-state index contributed by atoms with van der Waals surface area (Å²) in [5.74, 6) is -0.114. The van der Waals surface area contributed by atoms with E-state index in [1.165, 1.54) is 6.92 Å². The van der Waals surface area contributed by atoms with Gasteiger partial charge in [-0.05, 0) is 6.92 Å². The van der Waals surface area contributed by atoms with Gasteiger partial charge in [-0.1, -0.05) is 0 Å². The lowest BCUT2D eigenvalue weighted by atomic mass is 10.3. The Bertz CT molecular complexity index is 108. The molecule has 0 amide bonds. The van der Waals surface area contributed by atoms with Gasteiger partial charge in [-0.15, -0.1) is 10.1 Å². The first-order chi connectivity index (χ1) is 4.13. The molecule has 0 aromatic carbocycles. The Labute approximate surface area is 51.7 Å². The zero-order chi connectivity index (χ0) is 7.28. The van der Waals surface area contributed by atoms with Crippen molar-refractivity contribution in [2.24, 2.45) is 0 Å². The van der Waals surface area contributed by atoms with Crippen LogP contribution in [-0.4, -0.2) is 17.5 Å². The van der Waals surface area contributed by atoms with E-state index in [0.29, 0.717) is 0 Å². The van der Waals surface area contributed by atoms with Crippen molar-refractivity contribution in [3.63, 3.8) is 0 Å². The van der Waals surface area contributed by atoms with Gasteiger partial charge in [-0.3, -0.25) is 4.79 Å². The molecule has 0 unspecified atom stereocenters. The molecule has 0 rings (SSSR count). The van der Waals surface area contributed by atoms with Crippen molar-refractivity contribution < 1.29 is 14.7 Å². The highest BCUT2D eigenvalue weighted by molar-refractivity contribution is 5.75. The van der Waals surface area contributed by atoms with Gasteiger partial charge in [0.25, 0.3) is 5.09 Å². The van der Waals surface area contributed by atoms with Crippen molar-refractivity contribution in [3.8, 4) is 0 Å². The Morgan fingerprint density at radius 2 is 2.33 bits per heavy atom. The van der Waals surface area contributed by atoms with Crippen LogP contribution in [0, 0.1) is 10.1 Å². The number of carbonyl (C=O) groups excluding carboxylic acids is 1. The van der Waals surface area contributed by atoms with Gasteiger partial charge in [0.2, 0.25) is 0 Å². The van der Waals surface area contributed by atoms with Crippen molar-refractivity contribution in [2.75, 3.05) is 6.61 Å². The highest BCUT2D eigenvalue weighted by Gasteiger charge is 1.95. The first kappa shape index (κ1) is 7.87. The standard InChI is InChI=1S/C4H7NO4/c1-4(6)2-3-9-5(7)8/h2-3H2,1H3. The predicted octanol–water partition coefficient (Wildman–Crippen LogP) is 0.174. The molecule has 9 heavy (non-hydrogen) atoms. The second kappa shape index (κ2) is 3.82. The topological polar surface area (TPSA) is 69.4 Å². The molecule has 0 aromatic heterocycles. The molecule has 0 spiro atoms. The average molecular weight is 133 g/mol. The Morgan fingerprint density at radius 1 is 1.78 bits per heavy atom. The molecular formula is C4H7NO4. The molecule has 0 N–H and O–H groups in total. The smallest absolute Gasteiger partial charge is 0.294 e. The highest BCUT2D eigenvalue weighted by atomic mass is 16.9. The minimum absolute atomic E-state index is 0.0982. The molecule has 0 aliphatic carbocycles. The number of ketones is 1. The minimum Gasteiger partial charge on any atom is -0.313 e. The molecule has 0 atom stereocenters. The Morgan fingerprint density at radius 3 is 2.67 bits per heavy atom. The lowest BCUT2D eigenvalue weighted by Gasteiger charge is -1.92. The summed E-state index contributed by atoms with van der Waals surface area (Å²) in [5, 5.41) is 8.54. The van der Waals surface area contributed by atoms with E-state index in [1.807, 2.05) is 0 Å². The molecule has 5 nitrogen and oxygen atoms in total. The SMILES string of the molecule is CC(=O)CCO[N+](=O)[O-]. The number of hydrogen-bond acceptors (Lipinski definition) is 4. The van der Waals surface area contributed by atoms with Crippen molar-refractivity contribution >= 4 is 5.78 Å². The van der Waals surface area contributed by atoms with Gasteiger partial charge in [-0.2, -0.15) is 0 Å². The van der Waals surface area contributed by atoms with Gasteiger partial charge < -0.3 is 4.84 Å². The number of hydrogen-bond donors (Lipinski definition) is 0. The van der Waals surface area contributed by atoms with Crippen LogP contribution in [0.25, 0.3) is 0 Å². The lowest BCUT2D eigenvalue weighted by molar-refractivity contribution is -0.757. The maximum atomic E-state index is 10.1. The van der Waals surface area contributed by atoms with E-state index in [2.05, 4.69) is 4.84 Å². The number of carbonyl (C=O) groups is 1. The number of Topliss-reactive ketones (excluding diaryl/α,β-unsaturated/α-hetero) is 1. The summed E-state index contributed by atoms with van der Waals surface area (Å²) in [6, 6.07) is 0. The molecular weight excluding hydrogens is 126 g/mol. The Balaban J connectivity index is 3.10. The van der Waals surface area contributed by atoms with Gasteiger partial charge >= 0.3 is 0 Å². The fraction of sp³-hybridized carbons (Fsp3) is 0.750. The molecule has 0 bridgehead atoms. The normalized spacial score (nSPS) is 8.56. The highest BCUT2D eigenvalue weighted by Crippen LogP contribution is 1.83. The van der Waals surface area contributed by atoms with Crippen LogP contribution in [0.1, 0.15) is 13.3 Å². The minimum atomic E-state index is -0.914. The maximum absolute atomic E-state index is 10.1. The summed E-state index contributed by atoms with van der Waals surface area (Å²) in [4.78, 5) is 23.4. The van der Waals surface area contributed by atoms with Gasteiger partial charge in [0.1, 0.15) is 12.4 Å². The predicted molar refractivity (Wildman–Crippen MR) is 28.2 cm³/mol. The van der Waals surface area contributed by atoms with Crippen LogP contribution >= 0.6 is 0 Å². The Hall–Kier alpha value is -1.13. The molecule has 0 aliphatic rings. The molecule has 0 radical (unpaired) electrons. The zero-order valence-electron chi connectivity index (χ0n) is 4.99. The number of rotatable bonds is 4. The van der Waals surface area contributed by atoms with Crippen LogP contribution in [0.5, 0.6) is 0 Å². The van der Waals surface area contributed by atoms with E-state index in [0.717, 1.165) is 0 Å². The molecule has 0 aliphatic heterocycles. The summed E-state index contributed by atoms with van der Waals surface area (Å²) in [5.41, 5.74) is 0. The van der Waals surface area contributed by atoms with E-state index in [9.17, 15) is 14.9 Å². The molecule has 0 saturated carbocycles. The second-order valence-electron chi connectivity index (χ2n) is 1.51. The van der Waals surface area contributed by atoms with E-state index < -0.39 is 5.09 Å². The van der Waals surface area contributed by atoms with Crippen LogP contribution < -0.4 is 0 Å². The fourth-order valence-corrected chi connectivity index (χ4v) is 0.264. The van der Waals surface area contributed by atoms with Gasteiger partial charge in [0.05, 0.1) is 0 Å². The van der Waals surface area contributed by atoms with Crippen molar-refractivity contribution in [1.29, 1.82) is 0 Å². The lowest BCUT2D eigenvalue weighted by Crippen LogP contribution is -2.05. The summed E-state index contributed by atoms with van der Waals surface area (Å²) in [7, 11) is 0. The van der Waals surface area contributed by atoms with Crippen molar-refractivity contribution in [2.45, 2.75) is 13.3 Å². The molecule has 5 heteroatoms. The zero-order valence-corrected chi connectivity index (χ0v) is 4.99. The van der Waals surface area contributed by atoms with E-state index >= 15 is 0 Å². The number of nitrogens with zero attached hydrogens (tertiary/aromatic N) is 1. The van der Waals surface area contributed by atoms with Crippen LogP contribution in [0.3, 0.4) is 0 Å². The Kier molecular flexibility index (Phi) is 3.34. The first-order valence-corrected chi connectivity index (χ1v) is 2.39. The molecule has 0 fully saturated rings. The van der Waals surface area contributed by atoms with Crippen molar-refractivity contribution in [3.05, 3.63) is 10.1 Å². The van der Waals surface area contributed by atoms with Crippen molar-refractivity contribution in [1.82, 2.24) is 0 Å². The molecule has 0 heterocycles. The first-order valence-electron chi connectivity index (χ1n) is 2.39. The van der Waals surface area contributed by atoms with E-state index in [4.69, 9.17) is 0 Å². The van der Waals surface area contributed by atoms with E-state index in [-0.39, 0.29) is 18.8 Å². The third kappa shape index (κ3) is 6.87. The summed E-state index contributed by atoms with van der Waals surface area (Å²) >= 11 is 0. The quantitative estimate of drug-likeness (QED) is 0.405. The third-order valence-electron chi connectivity index (χ3n) is 0.651. The van der Waals surface area contributed by atoms with E-state index in [1.54, 1.807) is 0 Å². The fourth-order valence-electron chi connectivity index (χ4n) is 0.264. The van der Waals surface area contributed by atoms with Gasteiger partial charge in [-0.25, -0.2) is 0 Å². The van der Waals surface area contributed by atoms with Crippen LogP contribution in [-0.2, 0) is 9.63 Å². The summed E-state index contributed by atoms with van der Waals surface area (Å²) in [6.07, 6.45) is 0.0982. The molecule has 0 saturated heterocycles. The molecule has 52 valence electrons. The monoisotopic (exact) mass is 133 g/mol. The summed E-state index contributed by atoms with van der Waals surface area (Å²) < 4.78 is 0. The molecule has 0 aromatic rings. The second-order valence-corrected chi connectivity index (χ2v) is 1.51. The summed E-state index contributed by atoms with van der Waals surface area (Å²) in [6.45, 7) is 1.21. The average Bonchev–Trinajstić information content (AvgIpc) is 1.63. The van der Waals surface area contributed by atoms with Gasteiger partial charge in [0.15, 0.2) is 0 Å². The van der Waals surface area contributed by atoms with Crippen LogP contribution in [0.15, 0.2) is 0 Å². The largest absolute Gasteiger partial charge is 0.313 e. The van der Waals surface area contributed by atoms with Gasteiger partial charge in [0, 0.05) is 6.42 Å².